The van der Waals surface area contributed by atoms with Crippen LogP contribution in [0.15, 0.2) is 152 Å². The number of para-hydroxylation sites is 2. The second-order valence-electron chi connectivity index (χ2n) is 15.8. The van der Waals surface area contributed by atoms with Gasteiger partial charge < -0.3 is 9.13 Å². The fourth-order valence-corrected chi connectivity index (χ4v) is 9.04. The first kappa shape index (κ1) is 39.7. The van der Waals surface area contributed by atoms with Crippen LogP contribution in [0.2, 0.25) is 0 Å². The number of benzene rings is 8. The predicted molar refractivity (Wildman–Crippen MR) is 245 cm³/mol. The molecule has 0 fully saturated rings. The number of nitriles is 5. The van der Waals surface area contributed by atoms with Gasteiger partial charge in [0.05, 0.1) is 97.2 Å². The van der Waals surface area contributed by atoms with E-state index in [1.165, 1.54) is 6.07 Å². The van der Waals surface area contributed by atoms with Gasteiger partial charge in [-0.05, 0) is 137 Å². The van der Waals surface area contributed by atoms with Gasteiger partial charge in [-0.15, -0.1) is 0 Å². The maximum absolute atomic E-state index is 14.4. The Kier molecular flexibility index (Phi) is 9.29. The molecule has 7 nitrogen and oxygen atoms in total. The summed E-state index contributed by atoms with van der Waals surface area (Å²) >= 11 is 0. The third-order valence-corrected chi connectivity index (χ3v) is 11.8. The average molecular weight is 844 g/mol. The molecule has 8 aromatic carbocycles. The fraction of sp³-hybridized carbons (Fsp3) is 0.0364. The SMILES string of the molecule is Cc1cc(-c2cc(-n3c4ccccc4c4cc(-c5cc(C#N)cc(C#N)c5)ccc43)c(-n3c4ccccc4c4cc(-c5cc(C#N)cc(C#N)c5)ccc43)cc2C#N)cc(C(F)(F)F)c1. The molecule has 0 amide bonds. The predicted octanol–water partition coefficient (Wildman–Crippen LogP) is 13.6. The van der Waals surface area contributed by atoms with E-state index in [4.69, 9.17) is 0 Å². The van der Waals surface area contributed by atoms with Gasteiger partial charge in [-0.3, -0.25) is 0 Å². The van der Waals surface area contributed by atoms with E-state index in [1.54, 1.807) is 55.5 Å². The van der Waals surface area contributed by atoms with Crippen molar-refractivity contribution in [2.24, 2.45) is 0 Å². The second-order valence-corrected chi connectivity index (χ2v) is 15.8. The van der Waals surface area contributed by atoms with E-state index in [0.29, 0.717) is 55.9 Å². The van der Waals surface area contributed by atoms with Crippen molar-refractivity contribution in [2.75, 3.05) is 0 Å². The number of fused-ring (bicyclic) bond motifs is 6. The number of nitrogens with zero attached hydrogens (tertiary/aromatic N) is 7. The van der Waals surface area contributed by atoms with Crippen molar-refractivity contribution >= 4 is 43.6 Å². The van der Waals surface area contributed by atoms with Crippen LogP contribution in [-0.2, 0) is 6.18 Å². The molecular weight excluding hydrogens is 816 g/mol. The number of halogens is 3. The van der Waals surface area contributed by atoms with Gasteiger partial charge in [-0.1, -0.05) is 54.6 Å². The minimum atomic E-state index is -4.63. The van der Waals surface area contributed by atoms with Crippen LogP contribution < -0.4 is 0 Å². The minimum Gasteiger partial charge on any atom is -0.307 e. The van der Waals surface area contributed by atoms with Crippen molar-refractivity contribution in [2.45, 2.75) is 13.1 Å². The van der Waals surface area contributed by atoms with Gasteiger partial charge >= 0.3 is 6.18 Å². The molecule has 65 heavy (non-hydrogen) atoms. The first-order valence-electron chi connectivity index (χ1n) is 20.3. The Morgan fingerprint density at radius 2 is 0.846 bits per heavy atom. The standard InChI is InChI=1S/C55H28F3N7/c1-32-14-41(22-43(15-32)55(56,57)58)46-26-54(65-50-9-5-3-7-45(50)48-24-38(11-13-52(48)65)40-20-35(29-61)17-36(21-40)30-62)53(25-42(46)31-63)64-49-8-4-2-6-44(49)47-23-37(10-12-51(47)64)39-18-33(27-59)16-34(19-39)28-60/h2-26H,1H3. The summed E-state index contributed by atoms with van der Waals surface area (Å²) < 4.78 is 47.2. The Hall–Kier alpha value is -9.40. The summed E-state index contributed by atoms with van der Waals surface area (Å²) in [4.78, 5) is 0. The molecule has 0 aliphatic heterocycles. The quantitative estimate of drug-likeness (QED) is 0.170. The third kappa shape index (κ3) is 6.66. The van der Waals surface area contributed by atoms with Crippen LogP contribution in [0.1, 0.15) is 38.9 Å². The molecule has 0 radical (unpaired) electrons. The van der Waals surface area contributed by atoms with Gasteiger partial charge in [0.1, 0.15) is 0 Å². The number of alkyl halides is 3. The van der Waals surface area contributed by atoms with Gasteiger partial charge in [-0.2, -0.15) is 39.5 Å². The van der Waals surface area contributed by atoms with E-state index in [0.717, 1.165) is 66.9 Å². The molecule has 0 unspecified atom stereocenters. The van der Waals surface area contributed by atoms with Crippen LogP contribution in [0.25, 0.3) is 88.4 Å². The zero-order valence-corrected chi connectivity index (χ0v) is 34.2. The summed E-state index contributed by atoms with van der Waals surface area (Å²) in [5, 5.41) is 53.4. The molecule has 10 heteroatoms. The molecule has 10 rings (SSSR count). The van der Waals surface area contributed by atoms with Crippen LogP contribution in [0.3, 0.4) is 0 Å². The molecule has 0 saturated heterocycles. The highest BCUT2D eigenvalue weighted by Gasteiger charge is 2.32. The summed E-state index contributed by atoms with van der Waals surface area (Å²) in [5.41, 5.74) is 8.89. The minimum absolute atomic E-state index is 0.163. The molecule has 0 bridgehead atoms. The lowest BCUT2D eigenvalue weighted by Gasteiger charge is -2.20. The molecule has 2 heterocycles. The third-order valence-electron chi connectivity index (χ3n) is 11.8. The van der Waals surface area contributed by atoms with Crippen molar-refractivity contribution in [1.29, 1.82) is 26.3 Å². The number of aryl methyl sites for hydroxylation is 1. The Bertz CT molecular complexity index is 3840. The Balaban J connectivity index is 1.31. The van der Waals surface area contributed by atoms with Crippen LogP contribution in [0.4, 0.5) is 13.2 Å². The normalized spacial score (nSPS) is 11.3. The van der Waals surface area contributed by atoms with E-state index in [-0.39, 0.29) is 11.1 Å². The van der Waals surface area contributed by atoms with Gasteiger partial charge in [0.2, 0.25) is 0 Å². The molecule has 0 spiro atoms. The highest BCUT2D eigenvalue weighted by Crippen LogP contribution is 2.43. The van der Waals surface area contributed by atoms with E-state index < -0.39 is 11.7 Å². The van der Waals surface area contributed by atoms with E-state index >= 15 is 0 Å². The molecule has 0 N–H and O–H groups in total. The lowest BCUT2D eigenvalue weighted by atomic mass is 9.95. The van der Waals surface area contributed by atoms with Crippen molar-refractivity contribution in [3.63, 3.8) is 0 Å². The average Bonchev–Trinajstić information content (AvgIpc) is 3.84. The smallest absolute Gasteiger partial charge is 0.307 e. The monoisotopic (exact) mass is 843 g/mol. The lowest BCUT2D eigenvalue weighted by Crippen LogP contribution is -2.07. The highest BCUT2D eigenvalue weighted by molar-refractivity contribution is 6.13. The van der Waals surface area contributed by atoms with E-state index in [1.807, 2.05) is 84.9 Å². The van der Waals surface area contributed by atoms with Crippen LogP contribution in [0, 0.1) is 63.6 Å². The molecule has 0 saturated carbocycles. The van der Waals surface area contributed by atoms with Crippen molar-refractivity contribution in [3.05, 3.63) is 191 Å². The summed E-state index contributed by atoms with van der Waals surface area (Å²) in [6.07, 6.45) is -4.63. The maximum atomic E-state index is 14.4. The zero-order chi connectivity index (χ0) is 45.1. The van der Waals surface area contributed by atoms with Crippen LogP contribution in [-0.4, -0.2) is 9.13 Å². The Morgan fingerprint density at radius 3 is 1.29 bits per heavy atom. The first-order valence-corrected chi connectivity index (χ1v) is 20.3. The maximum Gasteiger partial charge on any atom is 0.416 e. The van der Waals surface area contributed by atoms with Gasteiger partial charge in [0.25, 0.3) is 0 Å². The summed E-state index contributed by atoms with van der Waals surface area (Å²) in [5.74, 6) is 0. The van der Waals surface area contributed by atoms with E-state index in [9.17, 15) is 39.5 Å². The summed E-state index contributed by atoms with van der Waals surface area (Å²) in [6.45, 7) is 1.60. The largest absolute Gasteiger partial charge is 0.416 e. The van der Waals surface area contributed by atoms with Gasteiger partial charge in [0, 0.05) is 27.1 Å². The second kappa shape index (κ2) is 15.2. The van der Waals surface area contributed by atoms with Crippen molar-refractivity contribution in [1.82, 2.24) is 9.13 Å². The molecule has 0 atom stereocenters. The van der Waals surface area contributed by atoms with Crippen LogP contribution >= 0.6 is 0 Å². The summed E-state index contributed by atoms with van der Waals surface area (Å²) in [7, 11) is 0. The molecule has 10 aromatic rings. The van der Waals surface area contributed by atoms with Crippen molar-refractivity contribution in [3.8, 4) is 75.1 Å². The fourth-order valence-electron chi connectivity index (χ4n) is 9.04. The number of aromatic nitrogens is 2. The molecule has 0 aliphatic carbocycles. The number of hydrogen-bond acceptors (Lipinski definition) is 5. The molecular formula is C55H28F3N7. The van der Waals surface area contributed by atoms with E-state index in [2.05, 4.69) is 39.5 Å². The van der Waals surface area contributed by atoms with Gasteiger partial charge in [-0.25, -0.2) is 0 Å². The molecule has 0 aliphatic rings. The first-order chi connectivity index (χ1) is 31.5. The topological polar surface area (TPSA) is 129 Å². The van der Waals surface area contributed by atoms with Crippen molar-refractivity contribution < 1.29 is 13.2 Å². The van der Waals surface area contributed by atoms with Crippen LogP contribution in [0.5, 0.6) is 0 Å². The lowest BCUT2D eigenvalue weighted by molar-refractivity contribution is -0.137. The number of rotatable bonds is 5. The molecule has 304 valence electrons. The Morgan fingerprint density at radius 1 is 0.400 bits per heavy atom. The highest BCUT2D eigenvalue weighted by atomic mass is 19.4. The number of hydrogen-bond donors (Lipinski definition) is 0. The van der Waals surface area contributed by atoms with Gasteiger partial charge in [0.15, 0.2) is 0 Å². The summed E-state index contributed by atoms with van der Waals surface area (Å²) in [6, 6.07) is 55.7. The molecule has 2 aromatic heterocycles. The Labute approximate surface area is 369 Å². The zero-order valence-electron chi connectivity index (χ0n) is 34.2.